The molecule has 1 aromatic rings. The number of aliphatic carboxylic acids is 1. The summed E-state index contributed by atoms with van der Waals surface area (Å²) in [6.07, 6.45) is 2.92. The van der Waals surface area contributed by atoms with Crippen molar-refractivity contribution >= 4 is 31.2 Å². The van der Waals surface area contributed by atoms with Gasteiger partial charge < -0.3 is 5.11 Å². The predicted molar refractivity (Wildman–Crippen MR) is 65.4 cm³/mol. The molecule has 0 saturated heterocycles. The van der Waals surface area contributed by atoms with E-state index in [1.54, 1.807) is 6.20 Å². The van der Waals surface area contributed by atoms with Gasteiger partial charge in [-0.2, -0.15) is 25.3 Å². The van der Waals surface area contributed by atoms with Gasteiger partial charge in [-0.1, -0.05) is 6.07 Å². The Bertz CT molecular complexity index is 327. The molecule has 0 aliphatic carbocycles. The van der Waals surface area contributed by atoms with Crippen molar-refractivity contribution in [3.8, 4) is 0 Å². The fourth-order valence-electron chi connectivity index (χ4n) is 1.21. The van der Waals surface area contributed by atoms with Crippen LogP contribution in [0.15, 0.2) is 24.4 Å². The van der Waals surface area contributed by atoms with Gasteiger partial charge in [-0.25, -0.2) is 0 Å². The topological polar surface area (TPSA) is 50.2 Å². The third-order valence-electron chi connectivity index (χ3n) is 1.99. The van der Waals surface area contributed by atoms with Crippen LogP contribution in [-0.4, -0.2) is 16.1 Å². The van der Waals surface area contributed by atoms with Crippen molar-refractivity contribution in [1.82, 2.24) is 4.98 Å². The van der Waals surface area contributed by atoms with E-state index in [9.17, 15) is 4.79 Å². The van der Waals surface area contributed by atoms with Crippen molar-refractivity contribution in [3.63, 3.8) is 0 Å². The molecule has 0 unspecified atom stereocenters. The normalized spacial score (nSPS) is 11.3. The molecule has 0 spiro atoms. The summed E-state index contributed by atoms with van der Waals surface area (Å²) < 4.78 is -0.656. The number of nitrogens with zero attached hydrogens (tertiary/aromatic N) is 1. The highest BCUT2D eigenvalue weighted by Gasteiger charge is 2.23. The minimum absolute atomic E-state index is 0.135. The number of carboxylic acid groups (broad SMARTS) is 1. The van der Waals surface area contributed by atoms with Crippen molar-refractivity contribution in [2.24, 2.45) is 0 Å². The Balaban J connectivity index is 2.56. The second kappa shape index (κ2) is 5.42. The zero-order chi connectivity index (χ0) is 11.3. The fourth-order valence-corrected chi connectivity index (χ4v) is 1.79. The highest BCUT2D eigenvalue weighted by atomic mass is 32.2. The molecule has 0 aliphatic rings. The summed E-state index contributed by atoms with van der Waals surface area (Å²) in [5.74, 6) is -0.798. The lowest BCUT2D eigenvalue weighted by atomic mass is 10.1. The van der Waals surface area contributed by atoms with Gasteiger partial charge in [0.15, 0.2) is 0 Å². The van der Waals surface area contributed by atoms with Gasteiger partial charge in [-0.3, -0.25) is 9.78 Å². The van der Waals surface area contributed by atoms with Crippen molar-refractivity contribution in [2.45, 2.75) is 23.3 Å². The summed E-state index contributed by atoms with van der Waals surface area (Å²) in [5.41, 5.74) is 0.752. The van der Waals surface area contributed by atoms with Gasteiger partial charge >= 0.3 is 5.97 Å². The van der Waals surface area contributed by atoms with Gasteiger partial charge in [0.2, 0.25) is 0 Å². The number of carbonyl (C=O) groups is 1. The molecule has 5 heteroatoms. The van der Waals surface area contributed by atoms with Crippen LogP contribution in [0.4, 0.5) is 0 Å². The van der Waals surface area contributed by atoms with Gasteiger partial charge in [0.25, 0.3) is 0 Å². The van der Waals surface area contributed by atoms with Crippen LogP contribution >= 0.6 is 25.3 Å². The second-order valence-electron chi connectivity index (χ2n) is 3.28. The lowest BCUT2D eigenvalue weighted by molar-refractivity contribution is -0.137. The van der Waals surface area contributed by atoms with Crippen LogP contribution in [0.1, 0.15) is 25.0 Å². The van der Waals surface area contributed by atoms with Crippen molar-refractivity contribution in [1.29, 1.82) is 0 Å². The minimum Gasteiger partial charge on any atom is -0.481 e. The van der Waals surface area contributed by atoms with Gasteiger partial charge in [0, 0.05) is 12.6 Å². The largest absolute Gasteiger partial charge is 0.481 e. The van der Waals surface area contributed by atoms with Gasteiger partial charge in [-0.05, 0) is 25.0 Å². The van der Waals surface area contributed by atoms with Crippen LogP contribution in [0.25, 0.3) is 0 Å². The maximum absolute atomic E-state index is 10.4. The molecule has 1 aromatic heterocycles. The summed E-state index contributed by atoms with van der Waals surface area (Å²) in [5, 5.41) is 8.52. The van der Waals surface area contributed by atoms with Crippen LogP contribution < -0.4 is 0 Å². The third kappa shape index (κ3) is 4.13. The summed E-state index contributed by atoms with van der Waals surface area (Å²) in [7, 11) is 0. The highest BCUT2D eigenvalue weighted by Crippen LogP contribution is 2.36. The monoisotopic (exact) mass is 243 g/mol. The molecule has 0 aromatic carbocycles. The first kappa shape index (κ1) is 12.4. The quantitative estimate of drug-likeness (QED) is 0.549. The molecule has 1 N–H and O–H groups in total. The standard InChI is InChI=1S/C10H13NO2S2/c12-9(13)5-3-6-10(14,15)8-4-1-2-7-11-8/h1-2,4,7,14-15H,3,5-6H2,(H,12,13). The first-order valence-electron chi connectivity index (χ1n) is 4.60. The van der Waals surface area contributed by atoms with E-state index in [2.05, 4.69) is 30.2 Å². The number of pyridine rings is 1. The van der Waals surface area contributed by atoms with Crippen LogP contribution in [0.5, 0.6) is 0 Å². The summed E-state index contributed by atoms with van der Waals surface area (Å²) >= 11 is 8.77. The van der Waals surface area contributed by atoms with Gasteiger partial charge in [-0.15, -0.1) is 0 Å². The van der Waals surface area contributed by atoms with Crippen LogP contribution in [-0.2, 0) is 8.87 Å². The SMILES string of the molecule is O=C(O)CCCC(S)(S)c1ccccn1. The Kier molecular flexibility index (Phi) is 4.47. The molecule has 15 heavy (non-hydrogen) atoms. The van der Waals surface area contributed by atoms with Crippen molar-refractivity contribution in [3.05, 3.63) is 30.1 Å². The molecule has 0 radical (unpaired) electrons. The molecule has 0 fully saturated rings. The Hall–Kier alpha value is -0.680. The molecule has 3 nitrogen and oxygen atoms in total. The molecule has 0 atom stereocenters. The Morgan fingerprint density at radius 1 is 1.47 bits per heavy atom. The molecular formula is C10H13NO2S2. The number of hydrogen-bond acceptors (Lipinski definition) is 4. The van der Waals surface area contributed by atoms with Gasteiger partial charge in [0.1, 0.15) is 0 Å². The number of rotatable bonds is 5. The first-order valence-corrected chi connectivity index (χ1v) is 5.50. The maximum atomic E-state index is 10.4. The van der Waals surface area contributed by atoms with E-state index in [-0.39, 0.29) is 6.42 Å². The minimum atomic E-state index is -0.798. The number of carboxylic acids is 1. The number of hydrogen-bond donors (Lipinski definition) is 3. The summed E-state index contributed by atoms with van der Waals surface area (Å²) in [4.78, 5) is 14.5. The third-order valence-corrected chi connectivity index (χ3v) is 2.90. The summed E-state index contributed by atoms with van der Waals surface area (Å²) in [6.45, 7) is 0. The molecule has 0 saturated carbocycles. The second-order valence-corrected chi connectivity index (χ2v) is 5.16. The number of aromatic nitrogens is 1. The van der Waals surface area contributed by atoms with Crippen LogP contribution in [0, 0.1) is 0 Å². The highest BCUT2D eigenvalue weighted by molar-refractivity contribution is 7.99. The molecule has 1 rings (SSSR count). The van der Waals surface area contributed by atoms with E-state index in [1.807, 2.05) is 18.2 Å². The van der Waals surface area contributed by atoms with E-state index >= 15 is 0 Å². The fraction of sp³-hybridized carbons (Fsp3) is 0.400. The Labute approximate surface area is 99.7 Å². The Morgan fingerprint density at radius 2 is 2.20 bits per heavy atom. The van der Waals surface area contributed by atoms with Crippen LogP contribution in [0.2, 0.25) is 0 Å². The lowest BCUT2D eigenvalue weighted by Gasteiger charge is -2.21. The van der Waals surface area contributed by atoms with E-state index in [1.165, 1.54) is 0 Å². The van der Waals surface area contributed by atoms with E-state index in [0.29, 0.717) is 12.8 Å². The van der Waals surface area contributed by atoms with Crippen LogP contribution in [0.3, 0.4) is 0 Å². The van der Waals surface area contributed by atoms with E-state index in [0.717, 1.165) is 5.69 Å². The van der Waals surface area contributed by atoms with E-state index < -0.39 is 10.0 Å². The van der Waals surface area contributed by atoms with Gasteiger partial charge in [0.05, 0.1) is 9.77 Å². The maximum Gasteiger partial charge on any atom is 0.303 e. The molecule has 0 aliphatic heterocycles. The average Bonchev–Trinajstić information content (AvgIpc) is 2.18. The number of thiol groups is 2. The molecule has 82 valence electrons. The summed E-state index contributed by atoms with van der Waals surface area (Å²) in [6, 6.07) is 5.51. The van der Waals surface area contributed by atoms with E-state index in [4.69, 9.17) is 5.11 Å². The average molecular weight is 243 g/mol. The smallest absolute Gasteiger partial charge is 0.303 e. The van der Waals surface area contributed by atoms with Crippen molar-refractivity contribution < 1.29 is 9.90 Å². The molecular weight excluding hydrogens is 230 g/mol. The Morgan fingerprint density at radius 3 is 2.73 bits per heavy atom. The molecule has 1 heterocycles. The zero-order valence-corrected chi connectivity index (χ0v) is 9.92. The first-order chi connectivity index (χ1) is 7.02. The molecule has 0 amide bonds. The molecule has 0 bridgehead atoms. The predicted octanol–water partition coefficient (Wildman–Crippen LogP) is 2.35. The lowest BCUT2D eigenvalue weighted by Crippen LogP contribution is -2.13. The zero-order valence-electron chi connectivity index (χ0n) is 8.13. The van der Waals surface area contributed by atoms with Crippen molar-refractivity contribution in [2.75, 3.05) is 0 Å².